The van der Waals surface area contributed by atoms with Gasteiger partial charge in [0.05, 0.1) is 0 Å². The first-order valence-corrected chi connectivity index (χ1v) is 17.0. The molecule has 0 saturated carbocycles. The zero-order valence-corrected chi connectivity index (χ0v) is 28.1. The normalized spacial score (nSPS) is 11.6. The van der Waals surface area contributed by atoms with E-state index in [4.69, 9.17) is 4.98 Å². The van der Waals surface area contributed by atoms with Crippen LogP contribution in [0.5, 0.6) is 0 Å². The quantitative estimate of drug-likeness (QED) is 0.170. The zero-order valence-electron chi connectivity index (χ0n) is 28.1. The first-order chi connectivity index (χ1) is 24.0. The summed E-state index contributed by atoms with van der Waals surface area (Å²) in [6.07, 6.45) is 0. The van der Waals surface area contributed by atoms with Crippen molar-refractivity contribution in [3.63, 3.8) is 0 Å². The molecular formula is C47H38N2. The molecule has 1 aromatic heterocycles. The monoisotopic (exact) mass is 630 g/mol. The van der Waals surface area contributed by atoms with Crippen molar-refractivity contribution in [2.45, 2.75) is 26.2 Å². The van der Waals surface area contributed by atoms with E-state index in [2.05, 4.69) is 202 Å². The van der Waals surface area contributed by atoms with Gasteiger partial charge >= 0.3 is 0 Å². The molecule has 0 aliphatic heterocycles. The molecule has 1 heterocycles. The molecule has 0 aliphatic rings. The molecular weight excluding hydrogens is 593 g/mol. The van der Waals surface area contributed by atoms with E-state index in [-0.39, 0.29) is 5.41 Å². The van der Waals surface area contributed by atoms with Gasteiger partial charge in [0, 0.05) is 22.5 Å². The van der Waals surface area contributed by atoms with E-state index in [9.17, 15) is 0 Å². The summed E-state index contributed by atoms with van der Waals surface area (Å²) in [7, 11) is 0. The van der Waals surface area contributed by atoms with Crippen LogP contribution in [0.3, 0.4) is 0 Å². The van der Waals surface area contributed by atoms with Crippen molar-refractivity contribution >= 4 is 38.7 Å². The van der Waals surface area contributed by atoms with Gasteiger partial charge in [-0.3, -0.25) is 4.90 Å². The van der Waals surface area contributed by atoms with E-state index < -0.39 is 0 Å². The molecule has 2 nitrogen and oxygen atoms in total. The SMILES string of the molecule is CC(C)(C)c1cccc(N(c2ccccc2)c2ccc(-c3c4ccccc4c(-c4cccc(-c5ccccc5)c4)c4ccccc34)cc2)n1. The summed E-state index contributed by atoms with van der Waals surface area (Å²) >= 11 is 0. The van der Waals surface area contributed by atoms with Gasteiger partial charge in [-0.15, -0.1) is 0 Å². The number of hydrogen-bond donors (Lipinski definition) is 0. The highest BCUT2D eigenvalue weighted by atomic mass is 15.2. The second kappa shape index (κ2) is 12.6. The lowest BCUT2D eigenvalue weighted by atomic mass is 9.85. The number of anilines is 3. The fourth-order valence-electron chi connectivity index (χ4n) is 6.97. The maximum absolute atomic E-state index is 5.15. The number of nitrogens with zero attached hydrogens (tertiary/aromatic N) is 2. The Hall–Kier alpha value is -5.99. The Balaban J connectivity index is 1.29. The van der Waals surface area contributed by atoms with E-state index in [0.717, 1.165) is 22.9 Å². The third-order valence-corrected chi connectivity index (χ3v) is 9.35. The molecule has 7 aromatic carbocycles. The predicted octanol–water partition coefficient (Wildman–Crippen LogP) is 13.2. The average Bonchev–Trinajstić information content (AvgIpc) is 3.15. The highest BCUT2D eigenvalue weighted by molar-refractivity contribution is 6.21. The van der Waals surface area contributed by atoms with Gasteiger partial charge in [-0.25, -0.2) is 4.98 Å². The van der Waals surface area contributed by atoms with Gasteiger partial charge in [0.2, 0.25) is 0 Å². The molecule has 0 amide bonds. The largest absolute Gasteiger partial charge is 0.295 e. The number of hydrogen-bond acceptors (Lipinski definition) is 2. The van der Waals surface area contributed by atoms with Crippen LogP contribution in [0.2, 0.25) is 0 Å². The van der Waals surface area contributed by atoms with Crippen molar-refractivity contribution in [2.24, 2.45) is 0 Å². The highest BCUT2D eigenvalue weighted by Gasteiger charge is 2.21. The summed E-state index contributed by atoms with van der Waals surface area (Å²) in [5, 5.41) is 4.99. The summed E-state index contributed by atoms with van der Waals surface area (Å²) in [6.45, 7) is 6.63. The van der Waals surface area contributed by atoms with Gasteiger partial charge < -0.3 is 0 Å². The number of pyridine rings is 1. The van der Waals surface area contributed by atoms with Crippen LogP contribution in [-0.2, 0) is 5.41 Å². The second-order valence-electron chi connectivity index (χ2n) is 13.6. The van der Waals surface area contributed by atoms with Crippen LogP contribution in [0, 0.1) is 0 Å². The Morgan fingerprint density at radius 3 is 1.45 bits per heavy atom. The minimum Gasteiger partial charge on any atom is -0.295 e. The summed E-state index contributed by atoms with van der Waals surface area (Å²) in [4.78, 5) is 7.40. The Kier molecular flexibility index (Phi) is 7.78. The summed E-state index contributed by atoms with van der Waals surface area (Å²) in [5.41, 5.74) is 10.5. The third-order valence-electron chi connectivity index (χ3n) is 9.35. The number of fused-ring (bicyclic) bond motifs is 2. The standard InChI is InChI=1S/C47H38N2/c1-47(2,3)43-26-15-27-44(48-43)49(37-20-8-5-9-21-37)38-30-28-34(29-31-38)45-39-22-10-12-24-41(39)46(42-25-13-11-23-40(42)45)36-19-14-18-35(32-36)33-16-6-4-7-17-33/h4-32H,1-3H3. The van der Waals surface area contributed by atoms with Gasteiger partial charge in [-0.2, -0.15) is 0 Å². The van der Waals surface area contributed by atoms with Crippen LogP contribution in [0.1, 0.15) is 26.5 Å². The van der Waals surface area contributed by atoms with Crippen LogP contribution in [0.25, 0.3) is 54.9 Å². The van der Waals surface area contributed by atoms with Crippen molar-refractivity contribution in [1.82, 2.24) is 4.98 Å². The Bertz CT molecular complexity index is 2350. The van der Waals surface area contributed by atoms with Crippen LogP contribution in [0.4, 0.5) is 17.2 Å². The van der Waals surface area contributed by atoms with Crippen LogP contribution < -0.4 is 4.90 Å². The van der Waals surface area contributed by atoms with Crippen molar-refractivity contribution < 1.29 is 0 Å². The van der Waals surface area contributed by atoms with Gasteiger partial charge in [0.1, 0.15) is 5.82 Å². The van der Waals surface area contributed by atoms with E-state index >= 15 is 0 Å². The van der Waals surface area contributed by atoms with Crippen molar-refractivity contribution in [1.29, 1.82) is 0 Å². The minimum absolute atomic E-state index is 0.0562. The molecule has 8 aromatic rings. The van der Waals surface area contributed by atoms with E-state index in [1.807, 2.05) is 0 Å². The molecule has 0 aliphatic carbocycles. The molecule has 236 valence electrons. The minimum atomic E-state index is -0.0562. The van der Waals surface area contributed by atoms with Gasteiger partial charge in [-0.05, 0) is 97.4 Å². The molecule has 49 heavy (non-hydrogen) atoms. The zero-order chi connectivity index (χ0) is 33.4. The number of benzene rings is 7. The van der Waals surface area contributed by atoms with Gasteiger partial charge in [0.15, 0.2) is 0 Å². The molecule has 8 rings (SSSR count). The second-order valence-corrected chi connectivity index (χ2v) is 13.6. The van der Waals surface area contributed by atoms with Crippen LogP contribution >= 0.6 is 0 Å². The van der Waals surface area contributed by atoms with Crippen molar-refractivity contribution in [3.8, 4) is 33.4 Å². The maximum atomic E-state index is 5.15. The van der Waals surface area contributed by atoms with Gasteiger partial charge in [-0.1, -0.05) is 154 Å². The van der Waals surface area contributed by atoms with E-state index in [1.54, 1.807) is 0 Å². The third kappa shape index (κ3) is 5.76. The average molecular weight is 631 g/mol. The fraction of sp³-hybridized carbons (Fsp3) is 0.0851. The van der Waals surface area contributed by atoms with E-state index in [1.165, 1.54) is 54.9 Å². The van der Waals surface area contributed by atoms with Crippen molar-refractivity contribution in [2.75, 3.05) is 4.90 Å². The first kappa shape index (κ1) is 30.4. The van der Waals surface area contributed by atoms with E-state index in [0.29, 0.717) is 0 Å². The predicted molar refractivity (Wildman–Crippen MR) is 209 cm³/mol. The summed E-state index contributed by atoms with van der Waals surface area (Å²) in [5.74, 6) is 0.907. The Morgan fingerprint density at radius 1 is 0.388 bits per heavy atom. The molecule has 0 unspecified atom stereocenters. The molecule has 0 saturated heterocycles. The maximum Gasteiger partial charge on any atom is 0.137 e. The first-order valence-electron chi connectivity index (χ1n) is 17.0. The molecule has 0 N–H and O–H groups in total. The van der Waals surface area contributed by atoms with Crippen LogP contribution in [0.15, 0.2) is 176 Å². The molecule has 0 radical (unpaired) electrons. The van der Waals surface area contributed by atoms with Crippen molar-refractivity contribution in [3.05, 3.63) is 182 Å². The fourth-order valence-corrected chi connectivity index (χ4v) is 6.97. The molecule has 2 heteroatoms. The number of para-hydroxylation sites is 1. The lowest BCUT2D eigenvalue weighted by Crippen LogP contribution is -2.17. The Labute approximate surface area is 289 Å². The molecule has 0 bridgehead atoms. The molecule has 0 fully saturated rings. The lowest BCUT2D eigenvalue weighted by molar-refractivity contribution is 0.569. The summed E-state index contributed by atoms with van der Waals surface area (Å²) in [6, 6.07) is 63.1. The topological polar surface area (TPSA) is 16.1 Å². The highest BCUT2D eigenvalue weighted by Crippen LogP contribution is 2.45. The van der Waals surface area contributed by atoms with Gasteiger partial charge in [0.25, 0.3) is 0 Å². The molecule has 0 atom stereocenters. The molecule has 0 spiro atoms. The number of aromatic nitrogens is 1. The lowest BCUT2D eigenvalue weighted by Gasteiger charge is -2.27. The van der Waals surface area contributed by atoms with Crippen LogP contribution in [-0.4, -0.2) is 4.98 Å². The summed E-state index contributed by atoms with van der Waals surface area (Å²) < 4.78 is 0. The Morgan fingerprint density at radius 2 is 0.857 bits per heavy atom. The smallest absolute Gasteiger partial charge is 0.137 e. The number of rotatable bonds is 6.